The van der Waals surface area contributed by atoms with E-state index < -0.39 is 23.6 Å². The molecule has 1 aliphatic heterocycles. The van der Waals surface area contributed by atoms with E-state index in [9.17, 15) is 22.8 Å². The Hall–Kier alpha value is -2.98. The molecule has 2 fully saturated rings. The lowest BCUT2D eigenvalue weighted by atomic mass is 9.83. The molecule has 2 heterocycles. The van der Waals surface area contributed by atoms with E-state index in [1.807, 2.05) is 25.3 Å². The van der Waals surface area contributed by atoms with Gasteiger partial charge in [0.15, 0.2) is 0 Å². The van der Waals surface area contributed by atoms with Crippen LogP contribution < -0.4 is 10.6 Å². The molecule has 0 radical (unpaired) electrons. The first-order valence-electron chi connectivity index (χ1n) is 12.8. The molecule has 1 saturated carbocycles. The maximum absolute atomic E-state index is 12.9. The van der Waals surface area contributed by atoms with Crippen LogP contribution in [0.1, 0.15) is 60.1 Å². The first-order chi connectivity index (χ1) is 17.7. The fourth-order valence-corrected chi connectivity index (χ4v) is 5.33. The lowest BCUT2D eigenvalue weighted by molar-refractivity contribution is -0.137. The molecule has 2 amide bonds. The van der Waals surface area contributed by atoms with Crippen LogP contribution in [0.2, 0.25) is 0 Å². The van der Waals surface area contributed by atoms with Crippen LogP contribution in [0.15, 0.2) is 48.7 Å². The van der Waals surface area contributed by atoms with E-state index in [1.165, 1.54) is 12.1 Å². The van der Waals surface area contributed by atoms with Crippen LogP contribution >= 0.6 is 0 Å². The number of likely N-dealkylation sites (tertiary alicyclic amines) is 1. The molecular weight excluding hydrogens is 485 g/mol. The third-order valence-electron chi connectivity index (χ3n) is 7.20. The molecule has 1 aliphatic carbocycles. The van der Waals surface area contributed by atoms with E-state index in [0.717, 1.165) is 43.5 Å². The fraction of sp³-hybridized carbons (Fsp3) is 0.519. The molecule has 200 valence electrons. The van der Waals surface area contributed by atoms with Crippen molar-refractivity contribution >= 4 is 11.8 Å². The summed E-state index contributed by atoms with van der Waals surface area (Å²) in [5, 5.41) is 5.36. The molecular formula is C27H33F3N4O3. The SMILES string of the molecule is CCO[C@@H]1CN(C2CCC(c3ccccn3)CC2)C[C@@H]1NC(=O)CNC(=O)c1cccc(C(F)(F)F)c1. The van der Waals surface area contributed by atoms with Gasteiger partial charge in [0, 0.05) is 49.1 Å². The summed E-state index contributed by atoms with van der Waals surface area (Å²) in [6.07, 6.45) is 1.35. The molecule has 2 atom stereocenters. The van der Waals surface area contributed by atoms with Crippen LogP contribution in [0.4, 0.5) is 13.2 Å². The summed E-state index contributed by atoms with van der Waals surface area (Å²) >= 11 is 0. The molecule has 1 aromatic carbocycles. The summed E-state index contributed by atoms with van der Waals surface area (Å²) in [6.45, 7) is 3.46. The standard InChI is InChI=1S/C27H33F3N4O3/c1-2-37-24-17-34(21-11-9-18(10-12-21)22-8-3-4-13-31-22)16-23(24)33-25(35)15-32-26(36)19-6-5-7-20(14-19)27(28,29)30/h3-8,13-14,18,21,23-24H,2,9-12,15-17H2,1H3,(H,32,36)(H,33,35)/t18?,21?,23-,24+/m0/s1. The Labute approximate surface area is 214 Å². The monoisotopic (exact) mass is 518 g/mol. The van der Waals surface area contributed by atoms with Gasteiger partial charge >= 0.3 is 6.18 Å². The van der Waals surface area contributed by atoms with Gasteiger partial charge in [-0.1, -0.05) is 12.1 Å². The second kappa shape index (κ2) is 12.0. The number of rotatable bonds is 8. The zero-order valence-corrected chi connectivity index (χ0v) is 20.8. The molecule has 2 aromatic rings. The third-order valence-corrected chi connectivity index (χ3v) is 7.20. The maximum atomic E-state index is 12.9. The van der Waals surface area contributed by atoms with Gasteiger partial charge < -0.3 is 15.4 Å². The number of alkyl halides is 3. The van der Waals surface area contributed by atoms with Crippen molar-refractivity contribution in [3.8, 4) is 0 Å². The summed E-state index contributed by atoms with van der Waals surface area (Å²) in [4.78, 5) is 31.8. The minimum absolute atomic E-state index is 0.150. The van der Waals surface area contributed by atoms with E-state index in [0.29, 0.717) is 31.7 Å². The Morgan fingerprint density at radius 2 is 1.86 bits per heavy atom. The van der Waals surface area contributed by atoms with Gasteiger partial charge in [-0.25, -0.2) is 0 Å². The molecule has 2 aliphatic rings. The number of aromatic nitrogens is 1. The van der Waals surface area contributed by atoms with Crippen LogP contribution in [0.5, 0.6) is 0 Å². The number of halogens is 3. The van der Waals surface area contributed by atoms with E-state index >= 15 is 0 Å². The van der Waals surface area contributed by atoms with Gasteiger partial charge in [-0.3, -0.25) is 19.5 Å². The number of amides is 2. The first-order valence-corrected chi connectivity index (χ1v) is 12.8. The van der Waals surface area contributed by atoms with Crippen LogP contribution in [-0.2, 0) is 15.7 Å². The Balaban J connectivity index is 1.28. The zero-order chi connectivity index (χ0) is 26.4. The molecule has 1 saturated heterocycles. The number of carbonyl (C=O) groups is 2. The molecule has 0 bridgehead atoms. The molecule has 0 spiro atoms. The average Bonchev–Trinajstić information content (AvgIpc) is 3.29. The van der Waals surface area contributed by atoms with E-state index in [4.69, 9.17) is 4.74 Å². The molecule has 2 N–H and O–H groups in total. The van der Waals surface area contributed by atoms with Crippen molar-refractivity contribution < 1.29 is 27.5 Å². The van der Waals surface area contributed by atoms with Gasteiger partial charge in [0.1, 0.15) is 0 Å². The van der Waals surface area contributed by atoms with E-state index in [-0.39, 0.29) is 24.3 Å². The quantitative estimate of drug-likeness (QED) is 0.556. The van der Waals surface area contributed by atoms with Crippen LogP contribution in [-0.4, -0.2) is 66.1 Å². The lowest BCUT2D eigenvalue weighted by Crippen LogP contribution is -2.48. The first kappa shape index (κ1) is 27.1. The number of pyridine rings is 1. The summed E-state index contributed by atoms with van der Waals surface area (Å²) in [7, 11) is 0. The van der Waals surface area contributed by atoms with Gasteiger partial charge in [0.05, 0.1) is 24.3 Å². The van der Waals surface area contributed by atoms with Gasteiger partial charge in [-0.05, 0) is 62.9 Å². The Morgan fingerprint density at radius 3 is 2.54 bits per heavy atom. The Bertz CT molecular complexity index is 1060. The molecule has 37 heavy (non-hydrogen) atoms. The van der Waals surface area contributed by atoms with Gasteiger partial charge in [-0.15, -0.1) is 0 Å². The van der Waals surface area contributed by atoms with Crippen LogP contribution in [0.25, 0.3) is 0 Å². The van der Waals surface area contributed by atoms with Crippen LogP contribution in [0, 0.1) is 0 Å². The van der Waals surface area contributed by atoms with Crippen molar-refractivity contribution in [3.05, 3.63) is 65.5 Å². The Morgan fingerprint density at radius 1 is 1.08 bits per heavy atom. The lowest BCUT2D eigenvalue weighted by Gasteiger charge is -2.34. The molecule has 0 unspecified atom stereocenters. The normalized spacial score (nSPS) is 24.5. The predicted octanol–water partition coefficient (Wildman–Crippen LogP) is 3.76. The highest BCUT2D eigenvalue weighted by Gasteiger charge is 2.39. The number of hydrogen-bond donors (Lipinski definition) is 2. The van der Waals surface area contributed by atoms with Gasteiger partial charge in [0.2, 0.25) is 5.91 Å². The number of nitrogens with one attached hydrogen (secondary N) is 2. The highest BCUT2D eigenvalue weighted by atomic mass is 19.4. The summed E-state index contributed by atoms with van der Waals surface area (Å²) in [6, 6.07) is 10.3. The third kappa shape index (κ3) is 7.07. The van der Waals surface area contributed by atoms with Crippen molar-refractivity contribution in [2.75, 3.05) is 26.2 Å². The van der Waals surface area contributed by atoms with Crippen LogP contribution in [0.3, 0.4) is 0 Å². The van der Waals surface area contributed by atoms with Crippen molar-refractivity contribution in [2.45, 2.75) is 62.9 Å². The molecule has 1 aromatic heterocycles. The highest BCUT2D eigenvalue weighted by Crippen LogP contribution is 2.35. The summed E-state index contributed by atoms with van der Waals surface area (Å²) < 4.78 is 44.7. The minimum Gasteiger partial charge on any atom is -0.375 e. The fourth-order valence-electron chi connectivity index (χ4n) is 5.33. The second-order valence-corrected chi connectivity index (χ2v) is 9.64. The summed E-state index contributed by atoms with van der Waals surface area (Å²) in [5.41, 5.74) is 0.0827. The zero-order valence-electron chi connectivity index (χ0n) is 20.8. The molecule has 7 nitrogen and oxygen atoms in total. The number of benzene rings is 1. The average molecular weight is 519 g/mol. The van der Waals surface area contributed by atoms with Crippen molar-refractivity contribution in [1.82, 2.24) is 20.5 Å². The Kier molecular flexibility index (Phi) is 8.81. The molecule has 10 heteroatoms. The van der Waals surface area contributed by atoms with Crippen molar-refractivity contribution in [2.24, 2.45) is 0 Å². The number of carbonyl (C=O) groups excluding carboxylic acids is 2. The van der Waals surface area contributed by atoms with E-state index in [1.54, 1.807) is 0 Å². The molecule has 4 rings (SSSR count). The topological polar surface area (TPSA) is 83.6 Å². The smallest absolute Gasteiger partial charge is 0.375 e. The van der Waals surface area contributed by atoms with Crippen molar-refractivity contribution in [1.29, 1.82) is 0 Å². The number of nitrogens with zero attached hydrogens (tertiary/aromatic N) is 2. The number of ether oxygens (including phenoxy) is 1. The highest BCUT2D eigenvalue weighted by molar-refractivity contribution is 5.96. The van der Waals surface area contributed by atoms with E-state index in [2.05, 4.69) is 26.6 Å². The largest absolute Gasteiger partial charge is 0.416 e. The maximum Gasteiger partial charge on any atom is 0.416 e. The number of hydrogen-bond acceptors (Lipinski definition) is 5. The van der Waals surface area contributed by atoms with Gasteiger partial charge in [-0.2, -0.15) is 13.2 Å². The predicted molar refractivity (Wildman–Crippen MR) is 132 cm³/mol. The summed E-state index contributed by atoms with van der Waals surface area (Å²) in [5.74, 6) is -0.672. The minimum atomic E-state index is -4.55. The van der Waals surface area contributed by atoms with Crippen molar-refractivity contribution in [3.63, 3.8) is 0 Å². The second-order valence-electron chi connectivity index (χ2n) is 9.64. The van der Waals surface area contributed by atoms with Gasteiger partial charge in [0.25, 0.3) is 5.91 Å².